The third-order valence-corrected chi connectivity index (χ3v) is 4.65. The van der Waals surface area contributed by atoms with Gasteiger partial charge in [-0.1, -0.05) is 18.9 Å². The van der Waals surface area contributed by atoms with Gasteiger partial charge in [-0.15, -0.1) is 0 Å². The van der Waals surface area contributed by atoms with Crippen LogP contribution in [-0.4, -0.2) is 36.1 Å². The van der Waals surface area contributed by atoms with Crippen molar-refractivity contribution in [2.24, 2.45) is 0 Å². The molecule has 1 aromatic heterocycles. The number of nitrogens with zero attached hydrogens (tertiary/aromatic N) is 2. The van der Waals surface area contributed by atoms with Crippen LogP contribution in [0.25, 0.3) is 0 Å². The zero-order valence-electron chi connectivity index (χ0n) is 12.0. The van der Waals surface area contributed by atoms with Crippen LogP contribution in [0.5, 0.6) is 0 Å². The van der Waals surface area contributed by atoms with Gasteiger partial charge in [0.1, 0.15) is 5.82 Å². The largest absolute Gasteiger partial charge is 0.369 e. The lowest BCUT2D eigenvalue weighted by Crippen LogP contribution is -2.33. The highest BCUT2D eigenvalue weighted by molar-refractivity contribution is 5.40. The van der Waals surface area contributed by atoms with Gasteiger partial charge in [0.2, 0.25) is 0 Å². The van der Waals surface area contributed by atoms with E-state index in [0.717, 1.165) is 31.4 Å². The Bertz CT molecular complexity index is 424. The predicted octanol–water partition coefficient (Wildman–Crippen LogP) is 2.86. The van der Waals surface area contributed by atoms with Crippen LogP contribution in [0.15, 0.2) is 12.1 Å². The topological polar surface area (TPSA) is 28.2 Å². The molecule has 1 aromatic rings. The van der Waals surface area contributed by atoms with E-state index >= 15 is 0 Å². The van der Waals surface area contributed by atoms with Crippen molar-refractivity contribution in [3.05, 3.63) is 23.4 Å². The fraction of sp³-hybridized carbons (Fsp3) is 0.688. The maximum absolute atomic E-state index is 4.72. The molecule has 1 saturated carbocycles. The van der Waals surface area contributed by atoms with Gasteiger partial charge in [0.25, 0.3) is 0 Å². The fourth-order valence-electron chi connectivity index (χ4n) is 3.41. The average molecular weight is 259 g/mol. The molecule has 0 saturated heterocycles. The Morgan fingerprint density at radius 3 is 2.89 bits per heavy atom. The summed E-state index contributed by atoms with van der Waals surface area (Å²) in [7, 11) is 2.26. The Kier molecular flexibility index (Phi) is 4.02. The maximum Gasteiger partial charge on any atom is 0.126 e. The highest BCUT2D eigenvalue weighted by atomic mass is 15.1. The first-order valence-corrected chi connectivity index (χ1v) is 7.76. The van der Waals surface area contributed by atoms with Crippen molar-refractivity contribution in [1.29, 1.82) is 0 Å². The van der Waals surface area contributed by atoms with E-state index in [2.05, 4.69) is 29.4 Å². The number of aryl methyl sites for hydroxylation is 2. The zero-order valence-corrected chi connectivity index (χ0v) is 12.0. The van der Waals surface area contributed by atoms with E-state index in [9.17, 15) is 0 Å². The number of rotatable bonds is 5. The Balaban J connectivity index is 1.47. The standard InChI is InChI=1S/C16H25N3/c1-19(14-6-2-3-7-14)12-11-17-16-10-9-13-5-4-8-15(13)18-16/h9-10,14H,2-8,11-12H2,1H3,(H,17,18). The summed E-state index contributed by atoms with van der Waals surface area (Å²) in [5.41, 5.74) is 2.77. The lowest BCUT2D eigenvalue weighted by Gasteiger charge is -2.24. The molecule has 19 heavy (non-hydrogen) atoms. The van der Waals surface area contributed by atoms with Gasteiger partial charge in [0.05, 0.1) is 0 Å². The number of pyridine rings is 1. The molecule has 2 aliphatic carbocycles. The summed E-state index contributed by atoms with van der Waals surface area (Å²) >= 11 is 0. The molecule has 1 heterocycles. The lowest BCUT2D eigenvalue weighted by molar-refractivity contribution is 0.254. The molecule has 3 nitrogen and oxygen atoms in total. The number of hydrogen-bond donors (Lipinski definition) is 1. The molecule has 0 aromatic carbocycles. The molecule has 0 atom stereocenters. The predicted molar refractivity (Wildman–Crippen MR) is 79.6 cm³/mol. The first kappa shape index (κ1) is 12.9. The van der Waals surface area contributed by atoms with Gasteiger partial charge >= 0.3 is 0 Å². The average Bonchev–Trinajstić information content (AvgIpc) is 3.09. The summed E-state index contributed by atoms with van der Waals surface area (Å²) in [4.78, 5) is 7.23. The third-order valence-electron chi connectivity index (χ3n) is 4.65. The Morgan fingerprint density at radius 1 is 1.21 bits per heavy atom. The number of hydrogen-bond acceptors (Lipinski definition) is 3. The van der Waals surface area contributed by atoms with Crippen LogP contribution in [-0.2, 0) is 12.8 Å². The first-order chi connectivity index (χ1) is 9.33. The van der Waals surface area contributed by atoms with Crippen LogP contribution in [0.4, 0.5) is 5.82 Å². The van der Waals surface area contributed by atoms with E-state index in [1.165, 1.54) is 49.8 Å². The number of aromatic nitrogens is 1. The second-order valence-electron chi connectivity index (χ2n) is 6.00. The molecule has 104 valence electrons. The van der Waals surface area contributed by atoms with E-state index in [4.69, 9.17) is 4.98 Å². The zero-order chi connectivity index (χ0) is 13.1. The van der Waals surface area contributed by atoms with Crippen LogP contribution in [0, 0.1) is 0 Å². The minimum Gasteiger partial charge on any atom is -0.369 e. The van der Waals surface area contributed by atoms with Crippen molar-refractivity contribution in [2.75, 3.05) is 25.5 Å². The summed E-state index contributed by atoms with van der Waals surface area (Å²) in [5.74, 6) is 1.06. The third kappa shape index (κ3) is 3.08. The molecule has 0 unspecified atom stereocenters. The molecule has 2 aliphatic rings. The van der Waals surface area contributed by atoms with E-state index < -0.39 is 0 Å². The van der Waals surface area contributed by atoms with Gasteiger partial charge in [-0.25, -0.2) is 4.98 Å². The minimum atomic E-state index is 0.815. The lowest BCUT2D eigenvalue weighted by atomic mass is 10.2. The minimum absolute atomic E-state index is 0.815. The Morgan fingerprint density at radius 2 is 2.05 bits per heavy atom. The van der Waals surface area contributed by atoms with Gasteiger partial charge in [-0.3, -0.25) is 0 Å². The van der Waals surface area contributed by atoms with Gasteiger partial charge in [-0.2, -0.15) is 0 Å². The molecule has 0 radical (unpaired) electrons. The van der Waals surface area contributed by atoms with E-state index in [1.54, 1.807) is 0 Å². The molecule has 1 fully saturated rings. The fourth-order valence-corrected chi connectivity index (χ4v) is 3.41. The molecular formula is C16H25N3. The molecule has 0 aliphatic heterocycles. The van der Waals surface area contributed by atoms with Gasteiger partial charge in [0.15, 0.2) is 0 Å². The van der Waals surface area contributed by atoms with Crippen molar-refractivity contribution in [3.63, 3.8) is 0 Å². The molecular weight excluding hydrogens is 234 g/mol. The summed E-state index contributed by atoms with van der Waals surface area (Å²) in [6, 6.07) is 5.20. The normalized spacial score (nSPS) is 19.1. The van der Waals surface area contributed by atoms with Crippen LogP contribution < -0.4 is 5.32 Å². The van der Waals surface area contributed by atoms with Gasteiger partial charge in [0, 0.05) is 24.8 Å². The number of anilines is 1. The second-order valence-corrected chi connectivity index (χ2v) is 6.00. The molecule has 3 heteroatoms. The molecule has 3 rings (SSSR count). The highest BCUT2D eigenvalue weighted by Gasteiger charge is 2.18. The number of likely N-dealkylation sites (N-methyl/N-ethyl adjacent to an activating group) is 1. The van der Waals surface area contributed by atoms with Crippen molar-refractivity contribution < 1.29 is 0 Å². The quantitative estimate of drug-likeness (QED) is 0.881. The van der Waals surface area contributed by atoms with Crippen LogP contribution in [0.3, 0.4) is 0 Å². The Labute approximate surface area is 116 Å². The highest BCUT2D eigenvalue weighted by Crippen LogP contribution is 2.23. The summed E-state index contributed by atoms with van der Waals surface area (Å²) in [5, 5.41) is 3.48. The second kappa shape index (κ2) is 5.91. The van der Waals surface area contributed by atoms with Crippen molar-refractivity contribution >= 4 is 5.82 Å². The number of nitrogens with one attached hydrogen (secondary N) is 1. The maximum atomic E-state index is 4.72. The summed E-state index contributed by atoms with van der Waals surface area (Å²) in [6.07, 6.45) is 9.24. The number of fused-ring (bicyclic) bond motifs is 1. The van der Waals surface area contributed by atoms with E-state index in [1.807, 2.05) is 0 Å². The summed E-state index contributed by atoms with van der Waals surface area (Å²) in [6.45, 7) is 2.11. The molecule has 0 bridgehead atoms. The molecule has 1 N–H and O–H groups in total. The first-order valence-electron chi connectivity index (χ1n) is 7.76. The monoisotopic (exact) mass is 259 g/mol. The van der Waals surface area contributed by atoms with Crippen LogP contribution in [0.2, 0.25) is 0 Å². The molecule has 0 amide bonds. The SMILES string of the molecule is CN(CCNc1ccc2c(n1)CCC2)C1CCCC1. The summed E-state index contributed by atoms with van der Waals surface area (Å²) < 4.78 is 0. The van der Waals surface area contributed by atoms with Crippen molar-refractivity contribution in [2.45, 2.75) is 51.0 Å². The van der Waals surface area contributed by atoms with Gasteiger partial charge in [-0.05, 0) is 50.8 Å². The smallest absolute Gasteiger partial charge is 0.126 e. The van der Waals surface area contributed by atoms with Crippen molar-refractivity contribution in [3.8, 4) is 0 Å². The molecule has 0 spiro atoms. The van der Waals surface area contributed by atoms with E-state index in [0.29, 0.717) is 0 Å². The van der Waals surface area contributed by atoms with Gasteiger partial charge < -0.3 is 10.2 Å². The van der Waals surface area contributed by atoms with Crippen LogP contribution >= 0.6 is 0 Å². The Hall–Kier alpha value is -1.09. The van der Waals surface area contributed by atoms with Crippen LogP contribution in [0.1, 0.15) is 43.4 Å². The van der Waals surface area contributed by atoms with Crippen molar-refractivity contribution in [1.82, 2.24) is 9.88 Å². The van der Waals surface area contributed by atoms with E-state index in [-0.39, 0.29) is 0 Å².